The predicted octanol–water partition coefficient (Wildman–Crippen LogP) is 1.98. The van der Waals surface area contributed by atoms with Gasteiger partial charge >= 0.3 is 0 Å². The fourth-order valence-corrected chi connectivity index (χ4v) is 2.47. The zero-order chi connectivity index (χ0) is 15.6. The van der Waals surface area contributed by atoms with Crippen molar-refractivity contribution in [3.05, 3.63) is 17.5 Å². The number of nitrogens with zero attached hydrogens (tertiary/aromatic N) is 2. The van der Waals surface area contributed by atoms with Gasteiger partial charge in [-0.1, -0.05) is 5.16 Å². The molecule has 0 saturated heterocycles. The van der Waals surface area contributed by atoms with E-state index in [4.69, 9.17) is 9.26 Å². The largest absolute Gasteiger partial charge is 0.391 e. The molecule has 1 saturated carbocycles. The van der Waals surface area contributed by atoms with Gasteiger partial charge in [-0.15, -0.1) is 0 Å². The number of amides is 1. The molecule has 2 atom stereocenters. The van der Waals surface area contributed by atoms with Crippen LogP contribution in [-0.4, -0.2) is 45.9 Å². The number of carbonyl (C=O) groups is 1. The molecule has 1 aliphatic carbocycles. The molecule has 1 amide bonds. The van der Waals surface area contributed by atoms with Gasteiger partial charge < -0.3 is 19.3 Å². The first kappa shape index (κ1) is 16.0. The summed E-state index contributed by atoms with van der Waals surface area (Å²) in [6, 6.07) is 1.47. The molecule has 1 fully saturated rings. The lowest BCUT2D eigenvalue weighted by atomic mass is 10.1. The Morgan fingerprint density at radius 2 is 2.24 bits per heavy atom. The van der Waals surface area contributed by atoms with Crippen LogP contribution < -0.4 is 0 Å². The van der Waals surface area contributed by atoms with Gasteiger partial charge in [-0.2, -0.15) is 0 Å². The fourth-order valence-electron chi connectivity index (χ4n) is 2.47. The molecule has 0 spiro atoms. The van der Waals surface area contributed by atoms with Crippen LogP contribution in [0.2, 0.25) is 0 Å². The highest BCUT2D eigenvalue weighted by Gasteiger charge is 2.32. The monoisotopic (exact) mass is 296 g/mol. The number of aliphatic hydroxyl groups is 1. The average molecular weight is 296 g/mol. The molecule has 1 aliphatic rings. The third kappa shape index (κ3) is 4.04. The number of hydrogen-bond donors (Lipinski definition) is 1. The molecule has 1 N–H and O–H groups in total. The number of likely N-dealkylation sites (N-methyl/N-ethyl adjacent to an activating group) is 1. The summed E-state index contributed by atoms with van der Waals surface area (Å²) in [6.07, 6.45) is 2.05. The summed E-state index contributed by atoms with van der Waals surface area (Å²) in [5.74, 6) is 0.292. The molecule has 0 radical (unpaired) electrons. The van der Waals surface area contributed by atoms with Gasteiger partial charge in [-0.25, -0.2) is 0 Å². The molecule has 0 bridgehead atoms. The Hall–Kier alpha value is -1.40. The van der Waals surface area contributed by atoms with Crippen molar-refractivity contribution in [1.82, 2.24) is 10.1 Å². The third-order valence-electron chi connectivity index (χ3n) is 3.69. The molecular formula is C15H24N2O4. The summed E-state index contributed by atoms with van der Waals surface area (Å²) < 4.78 is 10.7. The second-order valence-electron chi connectivity index (χ2n) is 6.56. The van der Waals surface area contributed by atoms with E-state index in [9.17, 15) is 9.90 Å². The van der Waals surface area contributed by atoms with Gasteiger partial charge in [0.1, 0.15) is 6.61 Å². The van der Waals surface area contributed by atoms with Crippen LogP contribution in [0, 0.1) is 0 Å². The van der Waals surface area contributed by atoms with Gasteiger partial charge in [0.15, 0.2) is 11.5 Å². The van der Waals surface area contributed by atoms with E-state index in [2.05, 4.69) is 5.16 Å². The van der Waals surface area contributed by atoms with Gasteiger partial charge in [-0.05, 0) is 40.0 Å². The van der Waals surface area contributed by atoms with Crippen LogP contribution in [0.4, 0.5) is 0 Å². The van der Waals surface area contributed by atoms with Crippen LogP contribution in [0.15, 0.2) is 10.6 Å². The second kappa shape index (κ2) is 6.15. The van der Waals surface area contributed by atoms with Gasteiger partial charge in [0, 0.05) is 13.1 Å². The maximum absolute atomic E-state index is 12.3. The van der Waals surface area contributed by atoms with Crippen molar-refractivity contribution in [3.63, 3.8) is 0 Å². The number of ether oxygens (including phenoxy) is 1. The van der Waals surface area contributed by atoms with Crippen LogP contribution in [0.25, 0.3) is 0 Å². The zero-order valence-corrected chi connectivity index (χ0v) is 13.1. The van der Waals surface area contributed by atoms with Crippen molar-refractivity contribution in [2.45, 2.75) is 64.4 Å². The minimum atomic E-state index is -0.449. The van der Waals surface area contributed by atoms with Crippen molar-refractivity contribution >= 4 is 5.91 Å². The van der Waals surface area contributed by atoms with Gasteiger partial charge in [0.05, 0.1) is 17.7 Å². The van der Waals surface area contributed by atoms with Crippen LogP contribution >= 0.6 is 0 Å². The highest BCUT2D eigenvalue weighted by Crippen LogP contribution is 2.24. The smallest absolute Gasteiger partial charge is 0.276 e. The summed E-state index contributed by atoms with van der Waals surface area (Å²) in [7, 11) is 1.70. The first-order chi connectivity index (χ1) is 9.78. The Labute approximate surface area is 125 Å². The van der Waals surface area contributed by atoms with E-state index in [0.717, 1.165) is 19.3 Å². The molecule has 6 heteroatoms. The fraction of sp³-hybridized carbons (Fsp3) is 0.733. The van der Waals surface area contributed by atoms with E-state index in [-0.39, 0.29) is 29.9 Å². The topological polar surface area (TPSA) is 75.8 Å². The molecule has 21 heavy (non-hydrogen) atoms. The Balaban J connectivity index is 1.98. The zero-order valence-electron chi connectivity index (χ0n) is 13.1. The first-order valence-corrected chi connectivity index (χ1v) is 7.33. The van der Waals surface area contributed by atoms with Crippen LogP contribution in [0.5, 0.6) is 0 Å². The number of aliphatic hydroxyl groups excluding tert-OH is 1. The Kier molecular flexibility index (Phi) is 4.68. The Morgan fingerprint density at radius 1 is 1.52 bits per heavy atom. The second-order valence-corrected chi connectivity index (χ2v) is 6.56. The van der Waals surface area contributed by atoms with Crippen molar-refractivity contribution < 1.29 is 19.2 Å². The molecule has 1 heterocycles. The summed E-state index contributed by atoms with van der Waals surface area (Å²) >= 11 is 0. The SMILES string of the molecule is CN(C(=O)c1cc(COC(C)(C)C)on1)[C@@H]1CCC[C@H]1O. The lowest BCUT2D eigenvalue weighted by Gasteiger charge is -2.26. The highest BCUT2D eigenvalue weighted by molar-refractivity contribution is 5.92. The lowest BCUT2D eigenvalue weighted by Crippen LogP contribution is -2.41. The summed E-state index contributed by atoms with van der Waals surface area (Å²) in [5.41, 5.74) is -0.0223. The van der Waals surface area contributed by atoms with Crippen molar-refractivity contribution in [3.8, 4) is 0 Å². The first-order valence-electron chi connectivity index (χ1n) is 7.33. The van der Waals surface area contributed by atoms with Gasteiger partial charge in [0.25, 0.3) is 5.91 Å². The van der Waals surface area contributed by atoms with Crippen LogP contribution in [0.1, 0.15) is 56.3 Å². The molecule has 1 aromatic heterocycles. The van der Waals surface area contributed by atoms with E-state index in [1.807, 2.05) is 20.8 Å². The molecule has 6 nitrogen and oxygen atoms in total. The van der Waals surface area contributed by atoms with E-state index >= 15 is 0 Å². The van der Waals surface area contributed by atoms with Gasteiger partial charge in [-0.3, -0.25) is 4.79 Å². The molecule has 0 aromatic carbocycles. The molecular weight excluding hydrogens is 272 g/mol. The van der Waals surface area contributed by atoms with Crippen LogP contribution in [-0.2, 0) is 11.3 Å². The minimum Gasteiger partial charge on any atom is -0.391 e. The van der Waals surface area contributed by atoms with Gasteiger partial charge in [0.2, 0.25) is 0 Å². The standard InChI is InChI=1S/C15H24N2O4/c1-15(2,3)20-9-10-8-11(16-21-10)14(19)17(4)12-6-5-7-13(12)18/h8,12-13,18H,5-7,9H2,1-4H3/t12-,13-/m1/s1. The van der Waals surface area contributed by atoms with Crippen LogP contribution in [0.3, 0.4) is 0 Å². The number of carbonyl (C=O) groups excluding carboxylic acids is 1. The van der Waals surface area contributed by atoms with E-state index in [1.54, 1.807) is 18.0 Å². The molecule has 0 unspecified atom stereocenters. The van der Waals surface area contributed by atoms with Crippen molar-refractivity contribution in [2.75, 3.05) is 7.05 Å². The number of aromatic nitrogens is 1. The molecule has 1 aromatic rings. The molecule has 0 aliphatic heterocycles. The van der Waals surface area contributed by atoms with Crippen molar-refractivity contribution in [2.24, 2.45) is 0 Å². The quantitative estimate of drug-likeness (QED) is 0.919. The number of hydrogen-bond acceptors (Lipinski definition) is 5. The maximum Gasteiger partial charge on any atom is 0.276 e. The normalized spacial score (nSPS) is 22.5. The predicted molar refractivity (Wildman–Crippen MR) is 76.8 cm³/mol. The number of rotatable bonds is 4. The van der Waals surface area contributed by atoms with E-state index in [1.165, 1.54) is 0 Å². The summed E-state index contributed by atoms with van der Waals surface area (Å²) in [5, 5.41) is 13.7. The molecule has 118 valence electrons. The minimum absolute atomic E-state index is 0.136. The summed E-state index contributed by atoms with van der Waals surface area (Å²) in [4.78, 5) is 13.9. The summed E-state index contributed by atoms with van der Waals surface area (Å²) in [6.45, 7) is 6.12. The Bertz CT molecular complexity index is 492. The lowest BCUT2D eigenvalue weighted by molar-refractivity contribution is -0.0241. The maximum atomic E-state index is 12.3. The van der Waals surface area contributed by atoms with E-state index < -0.39 is 6.10 Å². The van der Waals surface area contributed by atoms with E-state index in [0.29, 0.717) is 5.76 Å². The highest BCUT2D eigenvalue weighted by atomic mass is 16.5. The Morgan fingerprint density at radius 3 is 2.81 bits per heavy atom. The van der Waals surface area contributed by atoms with Crippen molar-refractivity contribution in [1.29, 1.82) is 0 Å². The average Bonchev–Trinajstić information content (AvgIpc) is 3.02. The molecule has 2 rings (SSSR count). The third-order valence-corrected chi connectivity index (χ3v) is 3.69.